The van der Waals surface area contributed by atoms with Gasteiger partial charge < -0.3 is 24.9 Å². The quantitative estimate of drug-likeness (QED) is 0.199. The van der Waals surface area contributed by atoms with Crippen LogP contribution in [0.4, 0.5) is 0 Å². The lowest BCUT2D eigenvalue weighted by molar-refractivity contribution is -0.106. The zero-order chi connectivity index (χ0) is 33.3. The molecular weight excluding hydrogens is 548 g/mol. The predicted molar refractivity (Wildman–Crippen MR) is 186 cm³/mol. The van der Waals surface area contributed by atoms with Crippen LogP contribution in [0.15, 0.2) is 43.0 Å². The third-order valence-electron chi connectivity index (χ3n) is 7.39. The van der Waals surface area contributed by atoms with Gasteiger partial charge in [-0.3, -0.25) is 4.98 Å². The van der Waals surface area contributed by atoms with Gasteiger partial charge in [-0.05, 0) is 100 Å². The lowest BCUT2D eigenvalue weighted by Gasteiger charge is -2.14. The highest BCUT2D eigenvalue weighted by Crippen LogP contribution is 2.27. The Labute approximate surface area is 268 Å². The van der Waals surface area contributed by atoms with E-state index in [1.165, 1.54) is 62.8 Å². The minimum absolute atomic E-state index is 0.220. The molecular formula is C37H62N4O3. The zero-order valence-corrected chi connectivity index (χ0v) is 29.2. The molecule has 2 unspecified atom stereocenters. The van der Waals surface area contributed by atoms with Crippen molar-refractivity contribution in [1.82, 2.24) is 19.9 Å². The summed E-state index contributed by atoms with van der Waals surface area (Å²) in [5.74, 6) is 1.35. The van der Waals surface area contributed by atoms with E-state index in [0.29, 0.717) is 11.8 Å². The highest BCUT2D eigenvalue weighted by Gasteiger charge is 2.15. The van der Waals surface area contributed by atoms with Gasteiger partial charge in [-0.1, -0.05) is 66.9 Å². The van der Waals surface area contributed by atoms with E-state index < -0.39 is 0 Å². The second kappa shape index (κ2) is 25.2. The number of fused-ring (bicyclic) bond motifs is 2. The molecule has 0 saturated carbocycles. The van der Waals surface area contributed by atoms with Crippen LogP contribution < -0.4 is 5.32 Å². The van der Waals surface area contributed by atoms with Crippen molar-refractivity contribution in [2.24, 2.45) is 5.92 Å². The van der Waals surface area contributed by atoms with Gasteiger partial charge in [0.15, 0.2) is 0 Å². The topological polar surface area (TPSA) is 100 Å². The molecule has 0 bridgehead atoms. The molecule has 7 heteroatoms. The molecule has 3 N–H and O–H groups in total. The number of aldehydes is 1. The number of nitrogens with zero attached hydrogens (tertiary/aromatic N) is 3. The summed E-state index contributed by atoms with van der Waals surface area (Å²) in [7, 11) is 0. The molecule has 4 rings (SSSR count). The van der Waals surface area contributed by atoms with Crippen LogP contribution in [-0.2, 0) is 30.6 Å². The normalized spacial score (nSPS) is 12.4. The first-order valence-electron chi connectivity index (χ1n) is 16.8. The molecule has 1 aromatic carbocycles. The van der Waals surface area contributed by atoms with Gasteiger partial charge in [0.25, 0.3) is 0 Å². The first-order valence-corrected chi connectivity index (χ1v) is 16.8. The summed E-state index contributed by atoms with van der Waals surface area (Å²) in [6.45, 7) is 20.9. The van der Waals surface area contributed by atoms with E-state index in [2.05, 4.69) is 60.7 Å². The lowest BCUT2D eigenvalue weighted by atomic mass is 9.99. The Bertz CT molecular complexity index is 1090. The van der Waals surface area contributed by atoms with Crippen molar-refractivity contribution in [2.75, 3.05) is 6.54 Å². The molecule has 0 aliphatic heterocycles. The highest BCUT2D eigenvalue weighted by molar-refractivity contribution is 5.44. The second-order valence-corrected chi connectivity index (χ2v) is 11.1. The molecule has 1 aliphatic carbocycles. The molecule has 2 heterocycles. The van der Waals surface area contributed by atoms with Crippen LogP contribution in [-0.4, -0.2) is 43.6 Å². The van der Waals surface area contributed by atoms with E-state index in [9.17, 15) is 10.2 Å². The molecule has 3 aromatic rings. The highest BCUT2D eigenvalue weighted by atomic mass is 16.3. The average Bonchev–Trinajstić information content (AvgIpc) is 3.36. The minimum atomic E-state index is 0.220. The molecule has 44 heavy (non-hydrogen) atoms. The number of hydrogen-bond acceptors (Lipinski definition) is 6. The molecule has 0 saturated heterocycles. The Hall–Kier alpha value is -3.19. The van der Waals surface area contributed by atoms with Crippen molar-refractivity contribution in [1.29, 1.82) is 0 Å². The summed E-state index contributed by atoms with van der Waals surface area (Å²) in [4.78, 5) is 17.3. The maximum absolute atomic E-state index is 9.49. The second-order valence-electron chi connectivity index (χ2n) is 11.1. The maximum atomic E-state index is 9.49. The number of aryl methyl sites for hydroxylation is 3. The monoisotopic (exact) mass is 610 g/mol. The zero-order valence-electron chi connectivity index (χ0n) is 29.2. The van der Waals surface area contributed by atoms with E-state index in [-0.39, 0.29) is 5.75 Å². The largest absolute Gasteiger partial charge is 0.508 e. The average molecular weight is 611 g/mol. The standard InChI is InChI=1S/C14H13NO2.C12H22N2.C7H17N.C2H4O.C2H6/c16-12-4-3-10-7-14-11(2-1-9(10)5-12)6-13(17)8-15-14;1-4-6-7-12(5-2)9-14-8-11(3)13-10-14;1-4-6-8-7(3)5-2;1-2-3;1-2/h3-6,8,16-17H,1-2,7H2;8,10,12H,4-7,9H2,1-3H3;7-8H,4-6H2,1-3H3;2H,1H3;1-2H3. The van der Waals surface area contributed by atoms with Crippen LogP contribution in [0, 0.1) is 12.8 Å². The van der Waals surface area contributed by atoms with Crippen molar-refractivity contribution in [3.63, 3.8) is 0 Å². The van der Waals surface area contributed by atoms with Crippen molar-refractivity contribution in [2.45, 2.75) is 133 Å². The Balaban J connectivity index is 0.000000618. The summed E-state index contributed by atoms with van der Waals surface area (Å²) in [5, 5.41) is 22.3. The molecule has 0 amide bonds. The van der Waals surface area contributed by atoms with E-state index in [1.807, 2.05) is 39.2 Å². The van der Waals surface area contributed by atoms with E-state index in [4.69, 9.17) is 4.79 Å². The summed E-state index contributed by atoms with van der Waals surface area (Å²) < 4.78 is 2.22. The van der Waals surface area contributed by atoms with Gasteiger partial charge in [0.2, 0.25) is 0 Å². The third-order valence-corrected chi connectivity index (χ3v) is 7.39. The van der Waals surface area contributed by atoms with Crippen molar-refractivity contribution in [3.8, 4) is 11.5 Å². The van der Waals surface area contributed by atoms with Gasteiger partial charge >= 0.3 is 0 Å². The molecule has 0 radical (unpaired) electrons. The number of pyridine rings is 1. The fourth-order valence-corrected chi connectivity index (χ4v) is 4.69. The van der Waals surface area contributed by atoms with Crippen LogP contribution in [0.25, 0.3) is 0 Å². The maximum Gasteiger partial charge on any atom is 0.134 e. The predicted octanol–water partition coefficient (Wildman–Crippen LogP) is 8.61. The number of nitrogens with one attached hydrogen (secondary N) is 1. The van der Waals surface area contributed by atoms with Crippen molar-refractivity contribution >= 4 is 6.29 Å². The Morgan fingerprint density at radius 1 is 0.955 bits per heavy atom. The smallest absolute Gasteiger partial charge is 0.134 e. The molecule has 7 nitrogen and oxygen atoms in total. The van der Waals surface area contributed by atoms with Crippen LogP contribution in [0.3, 0.4) is 0 Å². The van der Waals surface area contributed by atoms with Gasteiger partial charge in [0.1, 0.15) is 17.8 Å². The first-order chi connectivity index (χ1) is 21.2. The van der Waals surface area contributed by atoms with Gasteiger partial charge in [-0.15, -0.1) is 0 Å². The van der Waals surface area contributed by atoms with E-state index >= 15 is 0 Å². The number of carbonyl (C=O) groups is 1. The molecule has 2 atom stereocenters. The molecule has 0 spiro atoms. The van der Waals surface area contributed by atoms with Crippen LogP contribution in [0.5, 0.6) is 11.5 Å². The number of carbonyl (C=O) groups excluding carboxylic acids is 1. The number of unbranched alkanes of at least 4 members (excludes halogenated alkanes) is 1. The molecule has 0 fully saturated rings. The van der Waals surface area contributed by atoms with E-state index in [1.54, 1.807) is 12.1 Å². The van der Waals surface area contributed by atoms with Crippen LogP contribution in [0.2, 0.25) is 0 Å². The number of phenols is 1. The molecule has 248 valence electrons. The van der Waals surface area contributed by atoms with Crippen molar-refractivity contribution in [3.05, 3.63) is 71.1 Å². The summed E-state index contributed by atoms with van der Waals surface area (Å²) >= 11 is 0. The number of hydrogen-bond donors (Lipinski definition) is 3. The first kappa shape index (κ1) is 40.8. The lowest BCUT2D eigenvalue weighted by Crippen LogP contribution is -2.25. The van der Waals surface area contributed by atoms with E-state index in [0.717, 1.165) is 61.5 Å². The van der Waals surface area contributed by atoms with Crippen molar-refractivity contribution < 1.29 is 15.0 Å². The van der Waals surface area contributed by atoms with Gasteiger partial charge in [0, 0.05) is 30.9 Å². The van der Waals surface area contributed by atoms with Crippen LogP contribution >= 0.6 is 0 Å². The summed E-state index contributed by atoms with van der Waals surface area (Å²) in [6, 6.07) is 7.98. The summed E-state index contributed by atoms with van der Waals surface area (Å²) in [5.41, 5.74) is 5.62. The number of imidazole rings is 1. The number of rotatable bonds is 10. The number of aromatic hydroxyl groups is 2. The van der Waals surface area contributed by atoms with Gasteiger partial charge in [-0.2, -0.15) is 0 Å². The SMILES string of the molecule is CC.CC=O.CCCCC(CC)Cn1cnc(C)c1.CCCNC(C)CC.Oc1ccc2c(c1)CCc1cc(O)cnc1C2. The van der Waals surface area contributed by atoms with Crippen LogP contribution in [0.1, 0.15) is 122 Å². The van der Waals surface area contributed by atoms with Gasteiger partial charge in [0.05, 0.1) is 18.2 Å². The molecule has 1 aliphatic rings. The minimum Gasteiger partial charge on any atom is -0.508 e. The third kappa shape index (κ3) is 17.2. The Kier molecular flexibility index (Phi) is 23.3. The number of aromatic nitrogens is 3. The Morgan fingerprint density at radius 2 is 1.61 bits per heavy atom. The molecule has 2 aromatic heterocycles. The number of phenolic OH excluding ortho intramolecular Hbond substituents is 1. The number of benzene rings is 1. The van der Waals surface area contributed by atoms with Gasteiger partial charge in [-0.25, -0.2) is 4.98 Å². The Morgan fingerprint density at radius 3 is 2.18 bits per heavy atom. The fourth-order valence-electron chi connectivity index (χ4n) is 4.69. The summed E-state index contributed by atoms with van der Waals surface area (Å²) in [6.07, 6.45) is 16.6. The fraction of sp³-hybridized carbons (Fsp3) is 0.595.